The van der Waals surface area contributed by atoms with Crippen LogP contribution >= 0.6 is 11.3 Å². The van der Waals surface area contributed by atoms with Crippen molar-refractivity contribution in [2.75, 3.05) is 12.0 Å². The maximum atomic E-state index is 13.5. The summed E-state index contributed by atoms with van der Waals surface area (Å²) in [5.41, 5.74) is 1.98. The van der Waals surface area contributed by atoms with Crippen LogP contribution < -0.4 is 9.64 Å². The zero-order valence-electron chi connectivity index (χ0n) is 18.4. The Hall–Kier alpha value is -3.30. The number of nitrogens with zero attached hydrogens (tertiary/aromatic N) is 3. The fourth-order valence-electron chi connectivity index (χ4n) is 3.25. The van der Waals surface area contributed by atoms with E-state index in [9.17, 15) is 13.2 Å². The molecule has 0 radical (unpaired) electrons. The van der Waals surface area contributed by atoms with Crippen molar-refractivity contribution in [3.05, 3.63) is 78.1 Å². The number of thiazole rings is 1. The van der Waals surface area contributed by atoms with Crippen LogP contribution in [-0.2, 0) is 16.4 Å². The Balaban J connectivity index is 1.72. The number of carbonyl (C=O) groups excluding carboxylic acids is 1. The second-order valence-electron chi connectivity index (χ2n) is 7.70. The zero-order valence-corrected chi connectivity index (χ0v) is 20.1. The summed E-state index contributed by atoms with van der Waals surface area (Å²) in [6, 6.07) is 15.3. The average Bonchev–Trinajstić information content (AvgIpc) is 3.25. The van der Waals surface area contributed by atoms with E-state index in [1.807, 2.05) is 30.3 Å². The van der Waals surface area contributed by atoms with Crippen molar-refractivity contribution in [3.8, 4) is 5.75 Å². The molecule has 170 valence electrons. The summed E-state index contributed by atoms with van der Waals surface area (Å²) in [4.78, 5) is 24.1. The Labute approximate surface area is 196 Å². The number of hydrogen-bond donors (Lipinski definition) is 0. The lowest BCUT2D eigenvalue weighted by Crippen LogP contribution is -2.30. The number of aromatic nitrogens is 2. The van der Waals surface area contributed by atoms with Crippen molar-refractivity contribution in [2.24, 2.45) is 0 Å². The highest BCUT2D eigenvalue weighted by Gasteiger charge is 2.24. The van der Waals surface area contributed by atoms with E-state index < -0.39 is 15.1 Å². The molecular weight excluding hydrogens is 458 g/mol. The van der Waals surface area contributed by atoms with Gasteiger partial charge in [-0.2, -0.15) is 0 Å². The predicted octanol–water partition coefficient (Wildman–Crippen LogP) is 4.73. The Morgan fingerprint density at radius 1 is 1.12 bits per heavy atom. The van der Waals surface area contributed by atoms with E-state index >= 15 is 0 Å². The molecule has 0 aliphatic carbocycles. The first-order chi connectivity index (χ1) is 15.8. The lowest BCUT2D eigenvalue weighted by molar-refractivity contribution is 0.0985. The predicted molar refractivity (Wildman–Crippen MR) is 130 cm³/mol. The van der Waals surface area contributed by atoms with Gasteiger partial charge in [0.15, 0.2) is 15.0 Å². The number of amides is 1. The molecule has 0 saturated carbocycles. The van der Waals surface area contributed by atoms with Crippen LogP contribution in [0.25, 0.3) is 10.2 Å². The van der Waals surface area contributed by atoms with Crippen LogP contribution in [0.5, 0.6) is 5.75 Å². The summed E-state index contributed by atoms with van der Waals surface area (Å²) in [5, 5.41) is -0.00754. The minimum absolute atomic E-state index is 0.194. The molecule has 0 spiro atoms. The number of hydrogen-bond acceptors (Lipinski definition) is 7. The number of fused-ring (bicyclic) bond motifs is 1. The van der Waals surface area contributed by atoms with Crippen LogP contribution in [0, 0.1) is 0 Å². The SMILES string of the molecule is COc1ccc2nc(N(Cc3cccnc3)C(=O)c3ccc(S(=O)(=O)C(C)C)cc3)sc2c1. The number of methoxy groups -OCH3 is 1. The van der Waals surface area contributed by atoms with Crippen LogP contribution in [0.2, 0.25) is 0 Å². The molecular formula is C24H23N3O4S2. The third kappa shape index (κ3) is 4.74. The zero-order chi connectivity index (χ0) is 23.6. The lowest BCUT2D eigenvalue weighted by atomic mass is 10.2. The number of ether oxygens (including phenoxy) is 1. The van der Waals surface area contributed by atoms with Crippen LogP contribution in [0.15, 0.2) is 71.9 Å². The molecule has 9 heteroatoms. The van der Waals surface area contributed by atoms with Gasteiger partial charge in [0.05, 0.1) is 34.0 Å². The quantitative estimate of drug-likeness (QED) is 0.379. The molecule has 2 aromatic heterocycles. The van der Waals surface area contributed by atoms with E-state index in [1.165, 1.54) is 23.5 Å². The smallest absolute Gasteiger partial charge is 0.260 e. The molecule has 0 aliphatic rings. The van der Waals surface area contributed by atoms with Gasteiger partial charge in [-0.3, -0.25) is 14.7 Å². The van der Waals surface area contributed by atoms with Crippen molar-refractivity contribution in [2.45, 2.75) is 30.5 Å². The first-order valence-electron chi connectivity index (χ1n) is 10.3. The Kier molecular flexibility index (Phi) is 6.44. The van der Waals surface area contributed by atoms with E-state index in [0.29, 0.717) is 16.4 Å². The molecule has 0 aliphatic heterocycles. The Bertz CT molecular complexity index is 1380. The number of pyridine rings is 1. The van der Waals surface area contributed by atoms with E-state index in [-0.39, 0.29) is 17.3 Å². The highest BCUT2D eigenvalue weighted by molar-refractivity contribution is 7.92. The Morgan fingerprint density at radius 3 is 2.52 bits per heavy atom. The normalized spacial score (nSPS) is 11.6. The minimum atomic E-state index is -3.42. The largest absolute Gasteiger partial charge is 0.497 e. The molecule has 4 rings (SSSR count). The maximum absolute atomic E-state index is 13.5. The van der Waals surface area contributed by atoms with Crippen LogP contribution in [0.3, 0.4) is 0 Å². The highest BCUT2D eigenvalue weighted by Crippen LogP contribution is 2.33. The van der Waals surface area contributed by atoms with Crippen molar-refractivity contribution >= 4 is 42.4 Å². The summed E-state index contributed by atoms with van der Waals surface area (Å²) in [5.74, 6) is 0.433. The van der Waals surface area contributed by atoms with Gasteiger partial charge in [0.25, 0.3) is 5.91 Å². The standard InChI is InChI=1S/C24H23N3O4S2/c1-16(2)33(29,30)20-9-6-18(7-10-20)23(28)27(15-17-5-4-12-25-14-17)24-26-21-11-8-19(31-3)13-22(21)32-24/h4-14,16H,15H2,1-3H3. The fraction of sp³-hybridized carbons (Fsp3) is 0.208. The summed E-state index contributed by atoms with van der Waals surface area (Å²) in [7, 11) is -1.82. The van der Waals surface area contributed by atoms with Gasteiger partial charge in [0, 0.05) is 18.0 Å². The highest BCUT2D eigenvalue weighted by atomic mass is 32.2. The second kappa shape index (κ2) is 9.29. The lowest BCUT2D eigenvalue weighted by Gasteiger charge is -2.20. The first kappa shape index (κ1) is 22.9. The van der Waals surface area contributed by atoms with Crippen LogP contribution in [0.1, 0.15) is 29.8 Å². The molecule has 33 heavy (non-hydrogen) atoms. The maximum Gasteiger partial charge on any atom is 0.260 e. The number of sulfone groups is 1. The number of anilines is 1. The molecule has 0 unspecified atom stereocenters. The Morgan fingerprint density at radius 2 is 1.88 bits per heavy atom. The molecule has 1 amide bonds. The first-order valence-corrected chi connectivity index (χ1v) is 12.6. The molecule has 0 saturated heterocycles. The van der Waals surface area contributed by atoms with Gasteiger partial charge in [-0.05, 0) is 67.9 Å². The molecule has 2 aromatic carbocycles. The van der Waals surface area contributed by atoms with Gasteiger partial charge in [0.2, 0.25) is 0 Å². The third-order valence-electron chi connectivity index (χ3n) is 5.17. The van der Waals surface area contributed by atoms with Crippen molar-refractivity contribution in [1.29, 1.82) is 0 Å². The van der Waals surface area contributed by atoms with Crippen molar-refractivity contribution in [1.82, 2.24) is 9.97 Å². The summed E-state index contributed by atoms with van der Waals surface area (Å²) < 4.78 is 31.1. The fourth-order valence-corrected chi connectivity index (χ4v) is 5.30. The second-order valence-corrected chi connectivity index (χ2v) is 11.2. The van der Waals surface area contributed by atoms with E-state index in [1.54, 1.807) is 50.4 Å². The van der Waals surface area contributed by atoms with Crippen LogP contribution in [0.4, 0.5) is 5.13 Å². The van der Waals surface area contributed by atoms with Crippen LogP contribution in [-0.4, -0.2) is 36.7 Å². The summed E-state index contributed by atoms with van der Waals surface area (Å²) >= 11 is 1.39. The molecule has 2 heterocycles. The van der Waals surface area contributed by atoms with Gasteiger partial charge in [-0.25, -0.2) is 13.4 Å². The molecule has 7 nitrogen and oxygen atoms in total. The van der Waals surface area contributed by atoms with E-state index in [0.717, 1.165) is 15.8 Å². The molecule has 0 bridgehead atoms. The number of carbonyl (C=O) groups is 1. The topological polar surface area (TPSA) is 89.5 Å². The van der Waals surface area contributed by atoms with Crippen molar-refractivity contribution in [3.63, 3.8) is 0 Å². The monoisotopic (exact) mass is 481 g/mol. The molecule has 0 atom stereocenters. The number of rotatable bonds is 7. The van der Waals surface area contributed by atoms with E-state index in [2.05, 4.69) is 9.97 Å². The summed E-state index contributed by atoms with van der Waals surface area (Å²) in [6.45, 7) is 3.54. The molecule has 0 fully saturated rings. The number of benzene rings is 2. The van der Waals surface area contributed by atoms with Gasteiger partial charge in [-0.1, -0.05) is 17.4 Å². The van der Waals surface area contributed by atoms with Gasteiger partial charge >= 0.3 is 0 Å². The summed E-state index contributed by atoms with van der Waals surface area (Å²) in [6.07, 6.45) is 3.38. The van der Waals surface area contributed by atoms with Gasteiger partial charge < -0.3 is 4.74 Å². The third-order valence-corrected chi connectivity index (χ3v) is 8.39. The molecule has 0 N–H and O–H groups in total. The van der Waals surface area contributed by atoms with Gasteiger partial charge in [0.1, 0.15) is 5.75 Å². The van der Waals surface area contributed by atoms with Crippen molar-refractivity contribution < 1.29 is 17.9 Å². The molecule has 4 aromatic rings. The minimum Gasteiger partial charge on any atom is -0.497 e. The van der Waals surface area contributed by atoms with Gasteiger partial charge in [-0.15, -0.1) is 0 Å². The van der Waals surface area contributed by atoms with E-state index in [4.69, 9.17) is 4.74 Å². The average molecular weight is 482 g/mol.